The zero-order valence-electron chi connectivity index (χ0n) is 11.5. The summed E-state index contributed by atoms with van der Waals surface area (Å²) in [5.41, 5.74) is 7.36. The Morgan fingerprint density at radius 2 is 2.10 bits per heavy atom. The van der Waals surface area contributed by atoms with Crippen LogP contribution in [0, 0.1) is 6.92 Å². The highest BCUT2D eigenvalue weighted by Gasteiger charge is 2.17. The van der Waals surface area contributed by atoms with E-state index >= 15 is 0 Å². The lowest BCUT2D eigenvalue weighted by Crippen LogP contribution is -2.10. The Balaban J connectivity index is 1.97. The van der Waals surface area contributed by atoms with Crippen molar-refractivity contribution in [2.45, 2.75) is 26.5 Å². The molecule has 0 bridgehead atoms. The molecule has 1 heterocycles. The van der Waals surface area contributed by atoms with Gasteiger partial charge in [0.1, 0.15) is 6.61 Å². The van der Waals surface area contributed by atoms with E-state index in [4.69, 9.17) is 10.5 Å². The molecule has 0 saturated carbocycles. The van der Waals surface area contributed by atoms with E-state index in [1.807, 2.05) is 30.3 Å². The predicted octanol–water partition coefficient (Wildman–Crippen LogP) is 1.29. The molecule has 6 heteroatoms. The van der Waals surface area contributed by atoms with Gasteiger partial charge in [-0.25, -0.2) is 9.48 Å². The van der Waals surface area contributed by atoms with Gasteiger partial charge in [0.25, 0.3) is 0 Å². The normalized spacial score (nSPS) is 10.5. The van der Waals surface area contributed by atoms with Crippen molar-refractivity contribution < 1.29 is 9.53 Å². The fourth-order valence-electron chi connectivity index (χ4n) is 1.79. The number of aryl methyl sites for hydroxylation is 1. The summed E-state index contributed by atoms with van der Waals surface area (Å²) in [4.78, 5) is 12.0. The van der Waals surface area contributed by atoms with Crippen LogP contribution in [0.2, 0.25) is 0 Å². The van der Waals surface area contributed by atoms with Crippen LogP contribution in [0.5, 0.6) is 0 Å². The lowest BCUT2D eigenvalue weighted by atomic mass is 10.2. The number of benzene rings is 1. The van der Waals surface area contributed by atoms with Crippen LogP contribution in [0.15, 0.2) is 30.3 Å². The summed E-state index contributed by atoms with van der Waals surface area (Å²) >= 11 is 0. The van der Waals surface area contributed by atoms with Crippen LogP contribution in [0.4, 0.5) is 0 Å². The van der Waals surface area contributed by atoms with Crippen molar-refractivity contribution in [3.8, 4) is 0 Å². The number of aromatic nitrogens is 3. The molecular formula is C14H18N4O2. The zero-order valence-corrected chi connectivity index (χ0v) is 11.5. The highest BCUT2D eigenvalue weighted by atomic mass is 16.5. The Labute approximate surface area is 117 Å². The molecule has 0 aliphatic heterocycles. The summed E-state index contributed by atoms with van der Waals surface area (Å²) in [5, 5.41) is 7.82. The number of hydrogen-bond acceptors (Lipinski definition) is 5. The van der Waals surface area contributed by atoms with E-state index in [1.54, 1.807) is 11.6 Å². The monoisotopic (exact) mass is 274 g/mol. The first-order valence-electron chi connectivity index (χ1n) is 6.53. The van der Waals surface area contributed by atoms with Gasteiger partial charge in [0.05, 0.1) is 5.69 Å². The lowest BCUT2D eigenvalue weighted by Gasteiger charge is -2.04. The summed E-state index contributed by atoms with van der Waals surface area (Å²) in [6.45, 7) is 3.26. The average Bonchev–Trinajstić information content (AvgIpc) is 2.85. The van der Waals surface area contributed by atoms with Crippen LogP contribution in [0.3, 0.4) is 0 Å². The van der Waals surface area contributed by atoms with Crippen molar-refractivity contribution in [1.82, 2.24) is 15.0 Å². The number of rotatable bonds is 6. The standard InChI is InChI=1S/C14H18N4O2/c1-11-13(16-17-18(11)9-5-8-15)14(19)20-10-12-6-3-2-4-7-12/h2-4,6-7H,5,8-10,15H2,1H3. The second kappa shape index (κ2) is 6.81. The molecule has 0 amide bonds. The largest absolute Gasteiger partial charge is 0.456 e. The van der Waals surface area contributed by atoms with E-state index < -0.39 is 5.97 Å². The maximum Gasteiger partial charge on any atom is 0.361 e. The molecule has 6 nitrogen and oxygen atoms in total. The molecule has 0 atom stereocenters. The van der Waals surface area contributed by atoms with Crippen LogP contribution in [-0.2, 0) is 17.9 Å². The lowest BCUT2D eigenvalue weighted by molar-refractivity contribution is 0.0464. The number of esters is 1. The molecule has 1 aromatic heterocycles. The molecule has 0 saturated heterocycles. The van der Waals surface area contributed by atoms with Gasteiger partial charge in [0.15, 0.2) is 5.69 Å². The van der Waals surface area contributed by atoms with E-state index in [2.05, 4.69) is 10.3 Å². The molecule has 0 radical (unpaired) electrons. The molecule has 2 N–H and O–H groups in total. The van der Waals surface area contributed by atoms with Crippen molar-refractivity contribution in [1.29, 1.82) is 0 Å². The second-order valence-corrected chi connectivity index (χ2v) is 4.45. The van der Waals surface area contributed by atoms with Crippen molar-refractivity contribution >= 4 is 5.97 Å². The summed E-state index contributed by atoms with van der Waals surface area (Å²) < 4.78 is 6.91. The van der Waals surface area contributed by atoms with Crippen molar-refractivity contribution in [3.05, 3.63) is 47.3 Å². The van der Waals surface area contributed by atoms with Gasteiger partial charge >= 0.3 is 5.97 Å². The van der Waals surface area contributed by atoms with E-state index in [-0.39, 0.29) is 12.3 Å². The minimum Gasteiger partial charge on any atom is -0.456 e. The third-order valence-corrected chi connectivity index (χ3v) is 2.96. The van der Waals surface area contributed by atoms with E-state index in [1.165, 1.54) is 0 Å². The fourth-order valence-corrected chi connectivity index (χ4v) is 1.79. The van der Waals surface area contributed by atoms with Crippen LogP contribution < -0.4 is 5.73 Å². The number of hydrogen-bond donors (Lipinski definition) is 1. The number of carbonyl (C=O) groups is 1. The smallest absolute Gasteiger partial charge is 0.361 e. The number of nitrogens with zero attached hydrogens (tertiary/aromatic N) is 3. The molecule has 2 rings (SSSR count). The minimum atomic E-state index is -0.453. The van der Waals surface area contributed by atoms with E-state index in [0.29, 0.717) is 18.8 Å². The zero-order chi connectivity index (χ0) is 14.4. The van der Waals surface area contributed by atoms with Crippen LogP contribution in [-0.4, -0.2) is 27.5 Å². The maximum atomic E-state index is 12.0. The number of ether oxygens (including phenoxy) is 1. The molecular weight excluding hydrogens is 256 g/mol. The van der Waals surface area contributed by atoms with Crippen LogP contribution in [0.1, 0.15) is 28.2 Å². The number of nitrogens with two attached hydrogens (primary N) is 1. The predicted molar refractivity (Wildman–Crippen MR) is 74.0 cm³/mol. The Morgan fingerprint density at radius 1 is 1.35 bits per heavy atom. The van der Waals surface area contributed by atoms with Crippen molar-refractivity contribution in [3.63, 3.8) is 0 Å². The SMILES string of the molecule is Cc1c(C(=O)OCc2ccccc2)nnn1CCCN. The molecule has 2 aromatic rings. The summed E-state index contributed by atoms with van der Waals surface area (Å²) in [6, 6.07) is 9.52. The maximum absolute atomic E-state index is 12.0. The fraction of sp³-hybridized carbons (Fsp3) is 0.357. The molecule has 0 aliphatic carbocycles. The first-order chi connectivity index (χ1) is 9.72. The van der Waals surface area contributed by atoms with Gasteiger partial charge in [0.2, 0.25) is 0 Å². The Hall–Kier alpha value is -2.21. The highest BCUT2D eigenvalue weighted by molar-refractivity contribution is 5.88. The molecule has 106 valence electrons. The van der Waals surface area contributed by atoms with Gasteiger partial charge in [-0.15, -0.1) is 5.10 Å². The Kier molecular flexibility index (Phi) is 4.84. The summed E-state index contributed by atoms with van der Waals surface area (Å²) in [5.74, 6) is -0.453. The Morgan fingerprint density at radius 3 is 2.80 bits per heavy atom. The molecule has 0 spiro atoms. The van der Waals surface area contributed by atoms with Crippen LogP contribution >= 0.6 is 0 Å². The molecule has 20 heavy (non-hydrogen) atoms. The van der Waals surface area contributed by atoms with Crippen molar-refractivity contribution in [2.75, 3.05) is 6.54 Å². The minimum absolute atomic E-state index is 0.231. The third kappa shape index (κ3) is 3.42. The van der Waals surface area contributed by atoms with Crippen molar-refractivity contribution in [2.24, 2.45) is 5.73 Å². The Bertz CT molecular complexity index is 566. The first kappa shape index (κ1) is 14.2. The highest BCUT2D eigenvalue weighted by Crippen LogP contribution is 2.08. The molecule has 0 fully saturated rings. The second-order valence-electron chi connectivity index (χ2n) is 4.45. The summed E-state index contributed by atoms with van der Waals surface area (Å²) in [6.07, 6.45) is 0.794. The van der Waals surface area contributed by atoms with Gasteiger partial charge in [-0.1, -0.05) is 35.5 Å². The summed E-state index contributed by atoms with van der Waals surface area (Å²) in [7, 11) is 0. The number of carbonyl (C=O) groups excluding carboxylic acids is 1. The first-order valence-corrected chi connectivity index (χ1v) is 6.53. The third-order valence-electron chi connectivity index (χ3n) is 2.96. The van der Waals surface area contributed by atoms with Gasteiger partial charge in [0, 0.05) is 6.54 Å². The van der Waals surface area contributed by atoms with Gasteiger partial charge in [-0.2, -0.15) is 0 Å². The molecule has 0 aliphatic rings. The quantitative estimate of drug-likeness (QED) is 0.803. The molecule has 0 unspecified atom stereocenters. The molecule has 1 aromatic carbocycles. The van der Waals surface area contributed by atoms with Crippen LogP contribution in [0.25, 0.3) is 0 Å². The average molecular weight is 274 g/mol. The topological polar surface area (TPSA) is 83.0 Å². The van der Waals surface area contributed by atoms with E-state index in [9.17, 15) is 4.79 Å². The van der Waals surface area contributed by atoms with Gasteiger partial charge < -0.3 is 10.5 Å². The van der Waals surface area contributed by atoms with Gasteiger partial charge in [-0.05, 0) is 25.5 Å². The van der Waals surface area contributed by atoms with Gasteiger partial charge in [-0.3, -0.25) is 0 Å². The van der Waals surface area contributed by atoms with E-state index in [0.717, 1.165) is 12.0 Å².